The molecule has 0 radical (unpaired) electrons. The molecule has 142 valence electrons. The van der Waals surface area contributed by atoms with Crippen LogP contribution in [0.4, 0.5) is 4.79 Å². The van der Waals surface area contributed by atoms with Crippen LogP contribution in [0.5, 0.6) is 0 Å². The highest BCUT2D eigenvalue weighted by atomic mass is 16.6. The van der Waals surface area contributed by atoms with Crippen molar-refractivity contribution < 1.29 is 23.9 Å². The lowest BCUT2D eigenvalue weighted by atomic mass is 9.84. The van der Waals surface area contributed by atoms with Gasteiger partial charge in [0.1, 0.15) is 0 Å². The van der Waals surface area contributed by atoms with Gasteiger partial charge in [0.15, 0.2) is 6.10 Å². The summed E-state index contributed by atoms with van der Waals surface area (Å²) in [4.78, 5) is 40.8. The lowest BCUT2D eigenvalue weighted by Crippen LogP contribution is -2.39. The van der Waals surface area contributed by atoms with Crippen LogP contribution in [0.1, 0.15) is 41.9 Å². The maximum Gasteiger partial charge on any atom is 0.413 e. The fourth-order valence-corrected chi connectivity index (χ4v) is 3.32. The molecule has 2 aromatic rings. The molecule has 0 spiro atoms. The summed E-state index contributed by atoms with van der Waals surface area (Å²) in [5.74, 6) is -0.894. The number of aromatic nitrogens is 1. The minimum atomic E-state index is -1.14. The number of benzene rings is 1. The van der Waals surface area contributed by atoms with Crippen molar-refractivity contribution in [3.8, 4) is 0 Å². The molecule has 0 fully saturated rings. The monoisotopic (exact) mass is 370 g/mol. The zero-order valence-electron chi connectivity index (χ0n) is 15.6. The first-order valence-corrected chi connectivity index (χ1v) is 8.91. The number of amides is 2. The number of ether oxygens (including phenoxy) is 2. The van der Waals surface area contributed by atoms with Crippen LogP contribution in [0.25, 0.3) is 10.9 Å². The topological polar surface area (TPSA) is 94.6 Å². The van der Waals surface area contributed by atoms with Gasteiger partial charge < -0.3 is 9.47 Å². The number of pyridine rings is 1. The van der Waals surface area contributed by atoms with Gasteiger partial charge in [-0.05, 0) is 43.7 Å². The number of hydrogen-bond donors (Lipinski definition) is 1. The van der Waals surface area contributed by atoms with Gasteiger partial charge in [-0.25, -0.2) is 9.59 Å². The molecule has 0 bridgehead atoms. The van der Waals surface area contributed by atoms with Crippen LogP contribution < -0.4 is 5.32 Å². The number of carbonyl (C=O) groups is 3. The van der Waals surface area contributed by atoms with Gasteiger partial charge in [-0.3, -0.25) is 15.1 Å². The van der Waals surface area contributed by atoms with E-state index in [1.165, 1.54) is 6.92 Å². The summed E-state index contributed by atoms with van der Waals surface area (Å²) in [5, 5.41) is 2.71. The van der Waals surface area contributed by atoms with Crippen molar-refractivity contribution >= 4 is 28.9 Å². The highest BCUT2D eigenvalue weighted by molar-refractivity contribution is 6.06. The Morgan fingerprint density at radius 1 is 1.26 bits per heavy atom. The predicted molar refractivity (Wildman–Crippen MR) is 98.4 cm³/mol. The Balaban J connectivity index is 1.95. The first-order valence-electron chi connectivity index (χ1n) is 8.91. The van der Waals surface area contributed by atoms with Crippen molar-refractivity contribution in [3.05, 3.63) is 41.1 Å². The van der Waals surface area contributed by atoms with Gasteiger partial charge in [0.25, 0.3) is 5.91 Å². The number of para-hydroxylation sites is 1. The molecule has 0 unspecified atom stereocenters. The molecule has 2 amide bonds. The van der Waals surface area contributed by atoms with Gasteiger partial charge in [-0.2, -0.15) is 0 Å². The summed E-state index contributed by atoms with van der Waals surface area (Å²) in [6.45, 7) is 3.55. The van der Waals surface area contributed by atoms with E-state index in [-0.39, 0.29) is 0 Å². The average Bonchev–Trinajstić information content (AvgIpc) is 2.65. The number of esters is 1. The zero-order valence-corrected chi connectivity index (χ0v) is 15.6. The first kappa shape index (κ1) is 18.8. The third kappa shape index (κ3) is 3.92. The van der Waals surface area contributed by atoms with Crippen molar-refractivity contribution in [2.75, 3.05) is 7.11 Å². The second kappa shape index (κ2) is 7.73. The number of nitrogens with zero attached hydrogens (tertiary/aromatic N) is 1. The molecule has 0 saturated heterocycles. The quantitative estimate of drug-likeness (QED) is 0.835. The first-order chi connectivity index (χ1) is 12.9. The number of nitrogens with one attached hydrogen (secondary N) is 1. The lowest BCUT2D eigenvalue weighted by Gasteiger charge is -2.24. The highest BCUT2D eigenvalue weighted by Crippen LogP contribution is 2.32. The van der Waals surface area contributed by atoms with E-state index in [1.807, 2.05) is 29.6 Å². The zero-order chi connectivity index (χ0) is 19.6. The van der Waals surface area contributed by atoms with E-state index in [0.29, 0.717) is 16.9 Å². The molecule has 27 heavy (non-hydrogen) atoms. The summed E-state index contributed by atoms with van der Waals surface area (Å²) in [7, 11) is 1.15. The number of alkyl carbamates (subject to hydrolysis) is 1. The molecule has 1 aliphatic carbocycles. The normalized spacial score (nSPS) is 16.9. The fraction of sp³-hybridized carbons (Fsp3) is 0.400. The standard InChI is InChI=1S/C20H22N2O5/c1-11-8-9-16-14(10-11)17(13-6-4-5-7-15(13)21-16)19(24)27-12(2)18(23)22-20(25)26-3/h4-7,11-12H,8-10H2,1-3H3,(H,22,23,25)/t11-,12+/m0/s1. The van der Waals surface area contributed by atoms with Crippen LogP contribution in [0.2, 0.25) is 0 Å². The van der Waals surface area contributed by atoms with E-state index in [1.54, 1.807) is 0 Å². The molecular formula is C20H22N2O5. The lowest BCUT2D eigenvalue weighted by molar-refractivity contribution is -0.128. The molecule has 3 rings (SSSR count). The molecular weight excluding hydrogens is 348 g/mol. The molecule has 7 nitrogen and oxygen atoms in total. The Kier molecular flexibility index (Phi) is 5.39. The predicted octanol–water partition coefficient (Wildman–Crippen LogP) is 2.79. The molecule has 0 saturated carbocycles. The number of rotatable bonds is 3. The molecule has 2 atom stereocenters. The van der Waals surface area contributed by atoms with Crippen LogP contribution in [0.15, 0.2) is 24.3 Å². The van der Waals surface area contributed by atoms with Gasteiger partial charge in [0.05, 0.1) is 18.2 Å². The van der Waals surface area contributed by atoms with Crippen LogP contribution in [0.3, 0.4) is 0 Å². The van der Waals surface area contributed by atoms with Crippen molar-refractivity contribution in [1.29, 1.82) is 0 Å². The van der Waals surface area contributed by atoms with Crippen molar-refractivity contribution in [1.82, 2.24) is 10.3 Å². The summed E-state index contributed by atoms with van der Waals surface area (Å²) in [5.41, 5.74) is 2.98. The molecule has 1 N–H and O–H groups in total. The van der Waals surface area contributed by atoms with Crippen LogP contribution in [-0.2, 0) is 27.1 Å². The Labute approximate surface area is 157 Å². The van der Waals surface area contributed by atoms with Gasteiger partial charge in [-0.15, -0.1) is 0 Å². The van der Waals surface area contributed by atoms with Crippen LogP contribution in [0, 0.1) is 5.92 Å². The molecule has 0 aliphatic heterocycles. The Morgan fingerprint density at radius 2 is 2.00 bits per heavy atom. The van der Waals surface area contributed by atoms with Gasteiger partial charge >= 0.3 is 12.1 Å². The second-order valence-electron chi connectivity index (χ2n) is 6.81. The van der Waals surface area contributed by atoms with Gasteiger partial charge in [0, 0.05) is 11.1 Å². The van der Waals surface area contributed by atoms with E-state index >= 15 is 0 Å². The van der Waals surface area contributed by atoms with E-state index in [9.17, 15) is 14.4 Å². The van der Waals surface area contributed by atoms with E-state index in [2.05, 4.69) is 11.7 Å². The SMILES string of the molecule is COC(=O)NC(=O)[C@@H](C)OC(=O)c1c2c(nc3ccccc13)CC[C@H](C)C2. The molecule has 7 heteroatoms. The minimum Gasteiger partial charge on any atom is -0.453 e. The minimum absolute atomic E-state index is 0.437. The summed E-state index contributed by atoms with van der Waals surface area (Å²) >= 11 is 0. The second-order valence-corrected chi connectivity index (χ2v) is 6.81. The number of carbonyl (C=O) groups excluding carboxylic acids is 3. The molecule has 1 aromatic carbocycles. The third-order valence-corrected chi connectivity index (χ3v) is 4.77. The third-order valence-electron chi connectivity index (χ3n) is 4.77. The maximum absolute atomic E-state index is 13.0. The average molecular weight is 370 g/mol. The Bertz CT molecular complexity index is 909. The van der Waals surface area contributed by atoms with Crippen LogP contribution in [-0.4, -0.2) is 36.2 Å². The Morgan fingerprint density at radius 3 is 2.74 bits per heavy atom. The highest BCUT2D eigenvalue weighted by Gasteiger charge is 2.28. The van der Waals surface area contributed by atoms with E-state index in [0.717, 1.165) is 43.1 Å². The maximum atomic E-state index is 13.0. The summed E-state index contributed by atoms with van der Waals surface area (Å²) in [6.07, 6.45) is 0.522. The number of fused-ring (bicyclic) bond motifs is 2. The van der Waals surface area contributed by atoms with Crippen molar-refractivity contribution in [2.45, 2.75) is 39.2 Å². The molecule has 1 aromatic heterocycles. The van der Waals surface area contributed by atoms with E-state index < -0.39 is 24.1 Å². The summed E-state index contributed by atoms with van der Waals surface area (Å²) < 4.78 is 9.75. The number of aryl methyl sites for hydroxylation is 1. The number of hydrogen-bond acceptors (Lipinski definition) is 6. The van der Waals surface area contributed by atoms with Crippen LogP contribution >= 0.6 is 0 Å². The number of imide groups is 1. The summed E-state index contributed by atoms with van der Waals surface area (Å²) in [6, 6.07) is 7.40. The van der Waals surface area contributed by atoms with E-state index in [4.69, 9.17) is 9.72 Å². The largest absolute Gasteiger partial charge is 0.453 e. The smallest absolute Gasteiger partial charge is 0.413 e. The van der Waals surface area contributed by atoms with Gasteiger partial charge in [0.2, 0.25) is 0 Å². The van der Waals surface area contributed by atoms with Crippen molar-refractivity contribution in [3.63, 3.8) is 0 Å². The Hall–Kier alpha value is -2.96. The molecule has 1 heterocycles. The molecule has 1 aliphatic rings. The van der Waals surface area contributed by atoms with Crippen molar-refractivity contribution in [2.24, 2.45) is 5.92 Å². The fourth-order valence-electron chi connectivity index (χ4n) is 3.32. The van der Waals surface area contributed by atoms with Gasteiger partial charge in [-0.1, -0.05) is 25.1 Å². The number of methoxy groups -OCH3 is 1.